The summed E-state index contributed by atoms with van der Waals surface area (Å²) in [6, 6.07) is 0.115. The minimum Gasteiger partial charge on any atom is -0.469 e. The molecule has 1 aliphatic heterocycles. The number of esters is 1. The molecule has 0 aromatic carbocycles. The lowest BCUT2D eigenvalue weighted by atomic mass is 9.97. The molecule has 0 bridgehead atoms. The molecule has 1 rings (SSSR count). The van der Waals surface area contributed by atoms with Crippen molar-refractivity contribution in [2.75, 3.05) is 20.3 Å². The maximum atomic E-state index is 11.8. The summed E-state index contributed by atoms with van der Waals surface area (Å²) >= 11 is 0. The molecule has 1 fully saturated rings. The summed E-state index contributed by atoms with van der Waals surface area (Å²) in [5, 5.41) is 0. The van der Waals surface area contributed by atoms with Gasteiger partial charge in [0.05, 0.1) is 13.2 Å². The largest absolute Gasteiger partial charge is 0.469 e. The van der Waals surface area contributed by atoms with E-state index in [1.54, 1.807) is 4.90 Å². The van der Waals surface area contributed by atoms with E-state index in [4.69, 9.17) is 9.47 Å². The zero-order chi connectivity index (χ0) is 14.4. The van der Waals surface area contributed by atoms with Gasteiger partial charge in [-0.05, 0) is 18.3 Å². The van der Waals surface area contributed by atoms with Crippen molar-refractivity contribution < 1.29 is 19.1 Å². The summed E-state index contributed by atoms with van der Waals surface area (Å²) in [4.78, 5) is 25.0. The third-order valence-electron chi connectivity index (χ3n) is 3.62. The summed E-state index contributed by atoms with van der Waals surface area (Å²) in [5.74, 6) is 0.281. The zero-order valence-electron chi connectivity index (χ0n) is 12.3. The smallest absolute Gasteiger partial charge is 0.410 e. The maximum Gasteiger partial charge on any atom is 0.410 e. The first-order valence-electron chi connectivity index (χ1n) is 6.99. The molecule has 0 aliphatic carbocycles. The summed E-state index contributed by atoms with van der Waals surface area (Å²) in [7, 11) is 1.40. The molecule has 1 heterocycles. The number of ether oxygens (including phenoxy) is 2. The van der Waals surface area contributed by atoms with Gasteiger partial charge in [0.1, 0.15) is 6.61 Å². The lowest BCUT2D eigenvalue weighted by molar-refractivity contribution is -0.141. The van der Waals surface area contributed by atoms with Gasteiger partial charge in [0, 0.05) is 13.0 Å². The molecule has 2 atom stereocenters. The predicted octanol–water partition coefficient (Wildman–Crippen LogP) is 2.44. The van der Waals surface area contributed by atoms with Gasteiger partial charge in [-0.25, -0.2) is 4.79 Å². The number of cyclic esters (lactones) is 1. The van der Waals surface area contributed by atoms with E-state index in [2.05, 4.69) is 20.8 Å². The SMILES string of the molecule is CCC[C@@H](CC(=O)OC)CN1C(=O)OC[C@@H]1C(C)C. The summed E-state index contributed by atoms with van der Waals surface area (Å²) < 4.78 is 9.84. The number of rotatable bonds is 7. The molecule has 1 amide bonds. The van der Waals surface area contributed by atoms with E-state index in [9.17, 15) is 9.59 Å². The Morgan fingerprint density at radius 3 is 2.74 bits per heavy atom. The van der Waals surface area contributed by atoms with Crippen molar-refractivity contribution in [3.05, 3.63) is 0 Å². The van der Waals surface area contributed by atoms with E-state index in [1.165, 1.54) is 7.11 Å². The van der Waals surface area contributed by atoms with Crippen LogP contribution in [0.15, 0.2) is 0 Å². The van der Waals surface area contributed by atoms with E-state index >= 15 is 0 Å². The van der Waals surface area contributed by atoms with Crippen molar-refractivity contribution >= 4 is 12.1 Å². The van der Waals surface area contributed by atoms with Crippen molar-refractivity contribution in [1.82, 2.24) is 4.90 Å². The summed E-state index contributed by atoms with van der Waals surface area (Å²) in [6.07, 6.45) is 1.99. The zero-order valence-corrected chi connectivity index (χ0v) is 12.3. The van der Waals surface area contributed by atoms with Crippen LogP contribution in [0.2, 0.25) is 0 Å². The highest BCUT2D eigenvalue weighted by Crippen LogP contribution is 2.23. The number of hydrogen-bond acceptors (Lipinski definition) is 4. The van der Waals surface area contributed by atoms with E-state index in [1.807, 2.05) is 0 Å². The van der Waals surface area contributed by atoms with Gasteiger partial charge in [-0.2, -0.15) is 0 Å². The highest BCUT2D eigenvalue weighted by Gasteiger charge is 2.36. The lowest BCUT2D eigenvalue weighted by Gasteiger charge is -2.28. The van der Waals surface area contributed by atoms with Crippen molar-refractivity contribution in [3.8, 4) is 0 Å². The van der Waals surface area contributed by atoms with Crippen LogP contribution in [0.5, 0.6) is 0 Å². The fourth-order valence-corrected chi connectivity index (χ4v) is 2.49. The first-order chi connectivity index (χ1) is 8.99. The molecule has 0 radical (unpaired) electrons. The normalized spacial score (nSPS) is 20.6. The molecule has 1 aliphatic rings. The summed E-state index contributed by atoms with van der Waals surface area (Å²) in [5.41, 5.74) is 0. The molecular formula is C14H25NO4. The number of carbonyl (C=O) groups excluding carboxylic acids is 2. The number of hydrogen-bond donors (Lipinski definition) is 0. The second-order valence-corrected chi connectivity index (χ2v) is 5.48. The highest BCUT2D eigenvalue weighted by molar-refractivity contribution is 5.71. The van der Waals surface area contributed by atoms with Gasteiger partial charge >= 0.3 is 12.1 Å². The molecule has 0 N–H and O–H groups in total. The predicted molar refractivity (Wildman–Crippen MR) is 71.7 cm³/mol. The molecule has 0 aromatic heterocycles. The van der Waals surface area contributed by atoms with Crippen molar-refractivity contribution in [2.24, 2.45) is 11.8 Å². The highest BCUT2D eigenvalue weighted by atomic mass is 16.6. The van der Waals surface area contributed by atoms with Gasteiger partial charge < -0.3 is 14.4 Å². The second kappa shape index (κ2) is 7.36. The third kappa shape index (κ3) is 4.40. The van der Waals surface area contributed by atoms with E-state index in [0.29, 0.717) is 25.5 Å². The van der Waals surface area contributed by atoms with E-state index in [-0.39, 0.29) is 24.0 Å². The Labute approximate surface area is 115 Å². The average molecular weight is 271 g/mol. The van der Waals surface area contributed by atoms with Crippen LogP contribution in [0.3, 0.4) is 0 Å². The second-order valence-electron chi connectivity index (χ2n) is 5.48. The van der Waals surface area contributed by atoms with Crippen LogP contribution in [0, 0.1) is 11.8 Å². The van der Waals surface area contributed by atoms with Crippen LogP contribution in [0.25, 0.3) is 0 Å². The molecular weight excluding hydrogens is 246 g/mol. The number of amides is 1. The minimum atomic E-state index is -0.260. The molecule has 0 saturated carbocycles. The Balaban J connectivity index is 2.65. The van der Waals surface area contributed by atoms with Gasteiger partial charge in [-0.3, -0.25) is 4.79 Å². The van der Waals surface area contributed by atoms with Gasteiger partial charge in [0.15, 0.2) is 0 Å². The van der Waals surface area contributed by atoms with Crippen LogP contribution < -0.4 is 0 Å². The fraction of sp³-hybridized carbons (Fsp3) is 0.857. The quantitative estimate of drug-likeness (QED) is 0.667. The van der Waals surface area contributed by atoms with Crippen molar-refractivity contribution in [1.29, 1.82) is 0 Å². The van der Waals surface area contributed by atoms with Gasteiger partial charge in [-0.1, -0.05) is 27.2 Å². The Morgan fingerprint density at radius 2 is 2.21 bits per heavy atom. The Kier molecular flexibility index (Phi) is 6.12. The van der Waals surface area contributed by atoms with Crippen LogP contribution in [-0.4, -0.2) is 43.3 Å². The van der Waals surface area contributed by atoms with E-state index in [0.717, 1.165) is 12.8 Å². The van der Waals surface area contributed by atoms with Gasteiger partial charge in [-0.15, -0.1) is 0 Å². The molecule has 0 aromatic rings. The van der Waals surface area contributed by atoms with Crippen molar-refractivity contribution in [2.45, 2.75) is 46.1 Å². The minimum absolute atomic E-state index is 0.115. The van der Waals surface area contributed by atoms with Crippen LogP contribution in [-0.2, 0) is 14.3 Å². The topological polar surface area (TPSA) is 55.8 Å². The number of methoxy groups -OCH3 is 1. The molecule has 110 valence electrons. The maximum absolute atomic E-state index is 11.8. The van der Waals surface area contributed by atoms with E-state index < -0.39 is 0 Å². The standard InChI is InChI=1S/C14H25NO4/c1-5-6-11(7-13(16)18-4)8-15-12(10(2)3)9-19-14(15)17/h10-12H,5-9H2,1-4H3/t11-,12+/m0/s1. The molecule has 5 nitrogen and oxygen atoms in total. The van der Waals surface area contributed by atoms with Crippen molar-refractivity contribution in [3.63, 3.8) is 0 Å². The third-order valence-corrected chi connectivity index (χ3v) is 3.62. The monoisotopic (exact) mass is 271 g/mol. The molecule has 0 spiro atoms. The first-order valence-corrected chi connectivity index (χ1v) is 6.99. The Morgan fingerprint density at radius 1 is 1.53 bits per heavy atom. The lowest BCUT2D eigenvalue weighted by Crippen LogP contribution is -2.40. The number of nitrogens with zero attached hydrogens (tertiary/aromatic N) is 1. The Hall–Kier alpha value is -1.26. The molecule has 5 heteroatoms. The molecule has 0 unspecified atom stereocenters. The molecule has 19 heavy (non-hydrogen) atoms. The summed E-state index contributed by atoms with van der Waals surface area (Å²) in [6.45, 7) is 7.26. The Bertz CT molecular complexity index is 317. The van der Waals surface area contributed by atoms with Crippen LogP contribution >= 0.6 is 0 Å². The van der Waals surface area contributed by atoms with Gasteiger partial charge in [0.2, 0.25) is 0 Å². The fourth-order valence-electron chi connectivity index (χ4n) is 2.49. The van der Waals surface area contributed by atoms with Crippen LogP contribution in [0.1, 0.15) is 40.0 Å². The van der Waals surface area contributed by atoms with Gasteiger partial charge in [0.25, 0.3) is 0 Å². The molecule has 1 saturated heterocycles. The first kappa shape index (κ1) is 15.8. The van der Waals surface area contributed by atoms with Crippen LogP contribution in [0.4, 0.5) is 4.79 Å². The average Bonchev–Trinajstić information content (AvgIpc) is 2.71. The number of carbonyl (C=O) groups is 2.